The summed E-state index contributed by atoms with van der Waals surface area (Å²) >= 11 is 1.17. The predicted molar refractivity (Wildman–Crippen MR) is 405 cm³/mol. The molecule has 61 nitrogen and oxygen atoms in total. The molecule has 15 N–H and O–H groups in total. The van der Waals surface area contributed by atoms with Crippen LogP contribution < -0.4 is 0 Å². The first-order chi connectivity index (χ1) is 61.3. The minimum Gasteiger partial charge on any atom is -0.390 e. The van der Waals surface area contributed by atoms with E-state index in [-0.39, 0.29) is 136 Å². The third-order valence-electron chi connectivity index (χ3n) is 20.6. The Morgan fingerprint density at radius 2 is 0.496 bits per heavy atom. The van der Waals surface area contributed by atoms with E-state index in [9.17, 15) is 49.2 Å². The number of hydrogen-bond donors (Lipinski definition) is 15. The normalized spacial score (nSPS) is 37.6. The van der Waals surface area contributed by atoms with Gasteiger partial charge in [0.2, 0.25) is 0 Å². The van der Waals surface area contributed by atoms with Crippen LogP contribution in [0.5, 0.6) is 0 Å². The Balaban J connectivity index is 1.28. The molecule has 15 unspecified atom stereocenters. The minimum atomic E-state index is -5.33. The van der Waals surface area contributed by atoms with E-state index >= 15 is 0 Å². The van der Waals surface area contributed by atoms with Gasteiger partial charge in [0.05, 0.1) is 140 Å². The molecular formula is C55H98O61S11. The molecule has 7 saturated heterocycles. The summed E-state index contributed by atoms with van der Waals surface area (Å²) in [6.07, 6.45) is -36.2. The molecule has 7 heterocycles. The largest absolute Gasteiger partial charge is 0.397 e. The predicted octanol–water partition coefficient (Wildman–Crippen LogP) is 3.85. The van der Waals surface area contributed by atoms with Gasteiger partial charge in [-0.2, -0.15) is 8.42 Å². The molecule has 0 bridgehead atoms. The number of aliphatic hydroxyl groups is 4. The third kappa shape index (κ3) is 36.9. The van der Waals surface area contributed by atoms with Crippen LogP contribution in [0.1, 0.15) is 55.4 Å². The fourth-order valence-corrected chi connectivity index (χ4v) is 19.5. The zero-order valence-electron chi connectivity index (χ0n) is 66.7. The van der Waals surface area contributed by atoms with Gasteiger partial charge in [-0.05, 0) is 48.5 Å². The molecule has 0 saturated carbocycles. The second kappa shape index (κ2) is 63.7. The van der Waals surface area contributed by atoms with Crippen molar-refractivity contribution >= 4 is 134 Å². The quantitative estimate of drug-likeness (QED) is 0.0135. The average molecular weight is 2090 g/mol. The summed E-state index contributed by atoms with van der Waals surface area (Å²) in [6.45, 7) is 6.88. The third-order valence-corrected chi connectivity index (χ3v) is 25.3. The molecule has 7 fully saturated rings. The Hall–Kier alpha value is 1.09. The molecule has 35 atom stereocenters. The molecule has 0 aliphatic carbocycles. The summed E-state index contributed by atoms with van der Waals surface area (Å²) < 4.78 is 225. The van der Waals surface area contributed by atoms with E-state index in [4.69, 9.17) is 153 Å². The molecule has 7 rings (SSSR count). The van der Waals surface area contributed by atoms with Gasteiger partial charge in [0, 0.05) is 41.4 Å². The van der Waals surface area contributed by atoms with Crippen LogP contribution in [-0.4, -0.2) is 336 Å². The molecule has 0 aromatic rings. The first kappa shape index (κ1) is 115. The highest BCUT2D eigenvalue weighted by Gasteiger charge is 2.56. The van der Waals surface area contributed by atoms with Crippen LogP contribution >= 0.6 is 123 Å². The van der Waals surface area contributed by atoms with E-state index in [2.05, 4.69) is 85.1 Å². The van der Waals surface area contributed by atoms with Crippen LogP contribution in [-0.2, 0) is 212 Å². The van der Waals surface area contributed by atoms with Crippen molar-refractivity contribution in [3.8, 4) is 0 Å². The topological polar surface area (TPSA) is 744 Å². The lowest BCUT2D eigenvalue weighted by Crippen LogP contribution is -2.59. The second-order valence-corrected chi connectivity index (χ2v) is 33.4. The first-order valence-electron chi connectivity index (χ1n) is 36.7. The molecule has 72 heteroatoms. The Labute approximate surface area is 763 Å². The molecule has 7 aliphatic rings. The van der Waals surface area contributed by atoms with Crippen molar-refractivity contribution in [1.29, 1.82) is 0 Å². The van der Waals surface area contributed by atoms with Crippen LogP contribution in [0.3, 0.4) is 0 Å². The van der Waals surface area contributed by atoms with Crippen molar-refractivity contribution in [3.05, 3.63) is 0 Å². The van der Waals surface area contributed by atoms with Crippen LogP contribution in [0.15, 0.2) is 0 Å². The van der Waals surface area contributed by atoms with Crippen molar-refractivity contribution in [3.63, 3.8) is 0 Å². The van der Waals surface area contributed by atoms with Gasteiger partial charge in [-0.15, -0.1) is 43.3 Å². The van der Waals surface area contributed by atoms with Crippen molar-refractivity contribution in [1.82, 2.24) is 0 Å². The highest BCUT2D eigenvalue weighted by molar-refractivity contribution is 7.91. The van der Waals surface area contributed by atoms with Gasteiger partial charge in [-0.25, -0.2) is 56.8 Å². The number of ether oxygens (including phenoxy) is 13. The number of hydrogen-bond acceptors (Lipinski definition) is 70. The Morgan fingerprint density at radius 3 is 0.890 bits per heavy atom. The highest BCUT2D eigenvalue weighted by Crippen LogP contribution is 2.44. The Morgan fingerprint density at radius 1 is 0.236 bits per heavy atom. The van der Waals surface area contributed by atoms with E-state index in [0.717, 1.165) is 0 Å². The SMILES string of the molecule is CC1O[C@@H](COC[C@@H]2C(OSOOO)[C@H](COC[C@@H]3C(COC[C@@H]4OC(C)[C@@H](O)[C@H](OS(=O)(=O)O)C4O)[C@H](COCC4[C@H](COC[C@@H]5C(OSOOO)C(O)OC(C)[C@H]5OSOOO)OC(C)[C@@H](OSOOO)[C@@H]4COC[C@@H]4OC(C)[C@H](OSOOO)[C@H](OSOOO)C4OSOOO)OC(C)[C@H]3OSOOO)OC(C)[C@H]2OSOOO)C(OSOOO)[C@@H](O)[C@@H]1C. The van der Waals surface area contributed by atoms with Crippen LogP contribution in [0.25, 0.3) is 0 Å². The fraction of sp³-hybridized carbons (Fsp3) is 1.00. The summed E-state index contributed by atoms with van der Waals surface area (Å²) in [5.41, 5.74) is 0. The average Bonchev–Trinajstić information content (AvgIpc) is 0.629. The molecule has 0 aromatic heterocycles. The van der Waals surface area contributed by atoms with Crippen molar-refractivity contribution in [2.24, 2.45) is 41.4 Å². The van der Waals surface area contributed by atoms with Crippen LogP contribution in [0.2, 0.25) is 0 Å². The minimum absolute atomic E-state index is 0.0535. The lowest BCUT2D eigenvalue weighted by atomic mass is 9.79. The van der Waals surface area contributed by atoms with Crippen molar-refractivity contribution < 1.29 is 287 Å². The molecule has 127 heavy (non-hydrogen) atoms. The summed E-state index contributed by atoms with van der Waals surface area (Å²) in [4.78, 5) is 0. The standard InChI is InChI=1S/C55H98O61S11/c1-21-22(2)79-39(51(41(21)56)93-124-114-104-67)19-78-13-33-46(88-119-109-99-62)26(6)83-38(49(33)91-122-112-102-65)18-75-11-31-30(10-74-17-37-43(58)53(96-127(70,71)72)42(57)23(3)80-37)35(81-24(4)44(31)86-117-107-97-60)15-73-9-29-32(12-76-20-40-52(94-125-115-105-68)54(95-126-116-106-69)48(28(8)84-40)90-121-111-101-64)45(87-118-108-98-61)25(5)82-36(29)16-77-14-34-47(89-120-110-100-63)27(7)85-55(59)50(34)92-123-113-103-66/h21-69H,9-20H2,1-8H3,(H,70,71,72)/t21-,22?,23?,24?,25?,26?,27?,28?,29?,30?,31-,32-,33+,34+,35+,36+,37+,38+,39+,40+,41+,42-,43?,44-,45-,46-,47-,48+,49?,50?,51?,52?,53+,54+,55?/m1/s1. The van der Waals surface area contributed by atoms with Gasteiger partial charge in [-0.1, -0.05) is 57.3 Å². The van der Waals surface area contributed by atoms with Gasteiger partial charge < -0.3 is 82.0 Å². The Kier molecular flexibility index (Phi) is 57.7. The molecule has 0 aromatic carbocycles. The molecule has 7 aliphatic heterocycles. The van der Waals surface area contributed by atoms with Gasteiger partial charge in [0.1, 0.15) is 104 Å². The highest BCUT2D eigenvalue weighted by atomic mass is 32.3. The van der Waals surface area contributed by atoms with Gasteiger partial charge in [0.25, 0.3) is 0 Å². The Bertz CT molecular complexity index is 2930. The van der Waals surface area contributed by atoms with Crippen molar-refractivity contribution in [2.45, 2.75) is 226 Å². The molecule has 750 valence electrons. The van der Waals surface area contributed by atoms with E-state index in [0.29, 0.717) is 0 Å². The first-order valence-corrected chi connectivity index (χ1v) is 44.8. The van der Waals surface area contributed by atoms with Crippen LogP contribution in [0, 0.1) is 41.4 Å². The van der Waals surface area contributed by atoms with Gasteiger partial charge in [0.15, 0.2) is 130 Å². The summed E-state index contributed by atoms with van der Waals surface area (Å²) in [7, 11) is -5.33. The van der Waals surface area contributed by atoms with E-state index in [1.807, 2.05) is 0 Å². The molecule has 0 amide bonds. The number of aliphatic hydroxyl groups excluding tert-OH is 4. The lowest BCUT2D eigenvalue weighted by molar-refractivity contribution is -0.436. The zero-order chi connectivity index (χ0) is 92.4. The summed E-state index contributed by atoms with van der Waals surface area (Å²) in [6, 6.07) is 0. The second-order valence-electron chi connectivity index (χ2n) is 27.8. The zero-order valence-corrected chi connectivity index (χ0v) is 75.7. The lowest BCUT2D eigenvalue weighted by Gasteiger charge is -2.47. The monoisotopic (exact) mass is 2090 g/mol. The smallest absolute Gasteiger partial charge is 0.390 e. The number of rotatable bonds is 66. The van der Waals surface area contributed by atoms with Gasteiger partial charge >= 0.3 is 10.4 Å². The van der Waals surface area contributed by atoms with E-state index in [1.54, 1.807) is 34.6 Å². The van der Waals surface area contributed by atoms with Gasteiger partial charge in [-0.3, -0.25) is 46.4 Å². The maximum absolute atomic E-state index is 12.1. The fourth-order valence-electron chi connectivity index (χ4n) is 14.9. The van der Waals surface area contributed by atoms with E-state index in [1.165, 1.54) is 20.8 Å². The maximum Gasteiger partial charge on any atom is 0.397 e. The molecular weight excluding hydrogens is 1990 g/mol. The molecule has 0 radical (unpaired) electrons. The van der Waals surface area contributed by atoms with Crippen molar-refractivity contribution in [2.75, 3.05) is 79.3 Å². The van der Waals surface area contributed by atoms with E-state index < -0.39 is 289 Å². The maximum atomic E-state index is 12.1. The molecule has 0 spiro atoms. The summed E-state index contributed by atoms with van der Waals surface area (Å²) in [5.74, 6) is -7.01. The van der Waals surface area contributed by atoms with Crippen LogP contribution in [0.4, 0.5) is 0 Å². The summed E-state index contributed by atoms with van der Waals surface area (Å²) in [5, 5.41) is 173.